The number of carbonyl (C=O) groups is 1. The lowest BCUT2D eigenvalue weighted by molar-refractivity contribution is -0.122. The Balaban J connectivity index is 1.43. The summed E-state index contributed by atoms with van der Waals surface area (Å²) in [6, 6.07) is 10.9. The molecule has 0 bridgehead atoms. The largest absolute Gasteiger partial charge is 0.353 e. The van der Waals surface area contributed by atoms with E-state index in [1.54, 1.807) is 0 Å². The maximum Gasteiger partial charge on any atom is 0.220 e. The van der Waals surface area contributed by atoms with Crippen LogP contribution in [0.2, 0.25) is 0 Å². The summed E-state index contributed by atoms with van der Waals surface area (Å²) in [6.07, 6.45) is 4.27. The van der Waals surface area contributed by atoms with Gasteiger partial charge >= 0.3 is 0 Å². The Morgan fingerprint density at radius 3 is 2.90 bits per heavy atom. The van der Waals surface area contributed by atoms with E-state index in [-0.39, 0.29) is 5.91 Å². The zero-order valence-electron chi connectivity index (χ0n) is 12.8. The molecule has 0 aromatic heterocycles. The zero-order valence-corrected chi connectivity index (χ0v) is 12.8. The van der Waals surface area contributed by atoms with Gasteiger partial charge in [0.15, 0.2) is 0 Å². The minimum atomic E-state index is 0.233. The van der Waals surface area contributed by atoms with E-state index in [2.05, 4.69) is 41.8 Å². The molecule has 4 unspecified atom stereocenters. The van der Waals surface area contributed by atoms with E-state index >= 15 is 0 Å². The maximum absolute atomic E-state index is 12.2. The monoisotopic (exact) mass is 286 g/mol. The van der Waals surface area contributed by atoms with Gasteiger partial charge in [0.2, 0.25) is 5.91 Å². The van der Waals surface area contributed by atoms with Crippen LogP contribution in [0.4, 0.5) is 0 Å². The minimum Gasteiger partial charge on any atom is -0.353 e. The van der Waals surface area contributed by atoms with Crippen LogP contribution in [-0.4, -0.2) is 25.0 Å². The predicted molar refractivity (Wildman–Crippen MR) is 85.1 cm³/mol. The highest BCUT2D eigenvalue weighted by Gasteiger charge is 2.39. The van der Waals surface area contributed by atoms with Crippen molar-refractivity contribution in [1.82, 2.24) is 10.6 Å². The molecule has 1 aromatic rings. The Morgan fingerprint density at radius 2 is 2.19 bits per heavy atom. The normalized spacial score (nSPS) is 29.7. The van der Waals surface area contributed by atoms with Crippen LogP contribution in [0.3, 0.4) is 0 Å². The number of piperidine rings is 1. The van der Waals surface area contributed by atoms with Crippen LogP contribution >= 0.6 is 0 Å². The number of hydrogen-bond acceptors (Lipinski definition) is 2. The molecular formula is C18H26N2O. The summed E-state index contributed by atoms with van der Waals surface area (Å²) in [6.45, 7) is 4.43. The molecule has 0 radical (unpaired) electrons. The van der Waals surface area contributed by atoms with E-state index in [9.17, 15) is 4.79 Å². The molecule has 0 spiro atoms. The number of nitrogens with one attached hydrogen (secondary N) is 2. The van der Waals surface area contributed by atoms with Crippen molar-refractivity contribution in [2.45, 2.75) is 44.6 Å². The van der Waals surface area contributed by atoms with E-state index in [0.717, 1.165) is 19.5 Å². The second-order valence-corrected chi connectivity index (χ2v) is 6.71. The lowest BCUT2D eigenvalue weighted by atomic mass is 9.85. The Hall–Kier alpha value is -1.35. The topological polar surface area (TPSA) is 41.1 Å². The van der Waals surface area contributed by atoms with Crippen LogP contribution in [0.5, 0.6) is 0 Å². The third-order valence-corrected chi connectivity index (χ3v) is 5.01. The maximum atomic E-state index is 12.2. The molecule has 1 aliphatic heterocycles. The number of rotatable bonds is 5. The van der Waals surface area contributed by atoms with Gasteiger partial charge < -0.3 is 10.6 Å². The van der Waals surface area contributed by atoms with Crippen molar-refractivity contribution in [3.63, 3.8) is 0 Å². The van der Waals surface area contributed by atoms with Gasteiger partial charge in [-0.05, 0) is 49.8 Å². The summed E-state index contributed by atoms with van der Waals surface area (Å²) in [4.78, 5) is 12.2. The Bertz CT molecular complexity index is 467. The van der Waals surface area contributed by atoms with Crippen LogP contribution in [0.15, 0.2) is 30.3 Å². The van der Waals surface area contributed by atoms with Crippen molar-refractivity contribution in [2.24, 2.45) is 11.8 Å². The van der Waals surface area contributed by atoms with E-state index in [4.69, 9.17) is 0 Å². The molecule has 2 fully saturated rings. The summed E-state index contributed by atoms with van der Waals surface area (Å²) >= 11 is 0. The van der Waals surface area contributed by atoms with E-state index < -0.39 is 0 Å². The highest BCUT2D eigenvalue weighted by atomic mass is 16.1. The van der Waals surface area contributed by atoms with Crippen LogP contribution < -0.4 is 10.6 Å². The molecule has 1 saturated carbocycles. The van der Waals surface area contributed by atoms with Crippen LogP contribution in [0, 0.1) is 11.8 Å². The van der Waals surface area contributed by atoms with Crippen molar-refractivity contribution in [2.75, 3.05) is 13.1 Å². The summed E-state index contributed by atoms with van der Waals surface area (Å²) in [5.74, 6) is 1.90. The molecule has 1 heterocycles. The number of amides is 1. The first-order chi connectivity index (χ1) is 10.2. The van der Waals surface area contributed by atoms with Crippen molar-refractivity contribution in [3.05, 3.63) is 35.9 Å². The first-order valence-corrected chi connectivity index (χ1v) is 8.29. The van der Waals surface area contributed by atoms with Gasteiger partial charge in [-0.15, -0.1) is 0 Å². The van der Waals surface area contributed by atoms with Crippen LogP contribution in [0.25, 0.3) is 0 Å². The first-order valence-electron chi connectivity index (χ1n) is 8.29. The van der Waals surface area contributed by atoms with Gasteiger partial charge in [-0.3, -0.25) is 4.79 Å². The van der Waals surface area contributed by atoms with Crippen LogP contribution in [-0.2, 0) is 4.79 Å². The summed E-state index contributed by atoms with van der Waals surface area (Å²) in [5, 5.41) is 6.65. The van der Waals surface area contributed by atoms with E-state index in [1.165, 1.54) is 18.4 Å². The van der Waals surface area contributed by atoms with Crippen molar-refractivity contribution in [1.29, 1.82) is 0 Å². The lowest BCUT2D eigenvalue weighted by Crippen LogP contribution is -2.36. The van der Waals surface area contributed by atoms with Crippen molar-refractivity contribution >= 4 is 5.91 Å². The molecule has 2 N–H and O–H groups in total. The van der Waals surface area contributed by atoms with Gasteiger partial charge in [0.05, 0.1) is 0 Å². The number of benzene rings is 1. The van der Waals surface area contributed by atoms with Crippen molar-refractivity contribution in [3.8, 4) is 0 Å². The van der Waals surface area contributed by atoms with E-state index in [0.29, 0.717) is 30.2 Å². The van der Waals surface area contributed by atoms with Gasteiger partial charge in [-0.1, -0.05) is 37.3 Å². The fourth-order valence-corrected chi connectivity index (χ4v) is 3.51. The number of carbonyl (C=O) groups excluding carboxylic acids is 1. The quantitative estimate of drug-likeness (QED) is 0.874. The first kappa shape index (κ1) is 14.6. The second kappa shape index (κ2) is 6.61. The van der Waals surface area contributed by atoms with Crippen LogP contribution in [0.1, 0.15) is 44.1 Å². The minimum absolute atomic E-state index is 0.233. The van der Waals surface area contributed by atoms with Gasteiger partial charge in [-0.25, -0.2) is 0 Å². The Morgan fingerprint density at radius 1 is 1.38 bits per heavy atom. The molecule has 1 saturated heterocycles. The molecule has 3 rings (SSSR count). The molecule has 114 valence electrons. The molecule has 1 aliphatic carbocycles. The number of hydrogen-bond donors (Lipinski definition) is 2. The third-order valence-electron chi connectivity index (χ3n) is 5.01. The Kier molecular flexibility index (Phi) is 4.59. The fraction of sp³-hybridized carbons (Fsp3) is 0.611. The predicted octanol–water partition coefficient (Wildman–Crippen LogP) is 2.68. The zero-order chi connectivity index (χ0) is 14.7. The van der Waals surface area contributed by atoms with Gasteiger partial charge in [-0.2, -0.15) is 0 Å². The van der Waals surface area contributed by atoms with Crippen molar-refractivity contribution < 1.29 is 4.79 Å². The van der Waals surface area contributed by atoms with Gasteiger partial charge in [0.25, 0.3) is 0 Å². The summed E-state index contributed by atoms with van der Waals surface area (Å²) < 4.78 is 0. The fourth-order valence-electron chi connectivity index (χ4n) is 3.51. The highest BCUT2D eigenvalue weighted by molar-refractivity contribution is 5.77. The average molecular weight is 286 g/mol. The van der Waals surface area contributed by atoms with E-state index in [1.807, 2.05) is 6.07 Å². The molecular weight excluding hydrogens is 260 g/mol. The second-order valence-electron chi connectivity index (χ2n) is 6.71. The highest BCUT2D eigenvalue weighted by Crippen LogP contribution is 2.40. The molecule has 1 amide bonds. The molecule has 3 nitrogen and oxygen atoms in total. The van der Waals surface area contributed by atoms with Gasteiger partial charge in [0.1, 0.15) is 0 Å². The average Bonchev–Trinajstić information content (AvgIpc) is 3.28. The SMILES string of the molecule is CC(CC(=O)NC1CC1c1ccccc1)C1CCCNC1. The molecule has 2 aliphatic rings. The molecule has 3 heteroatoms. The Labute approximate surface area is 127 Å². The lowest BCUT2D eigenvalue weighted by Gasteiger charge is -2.28. The molecule has 4 atom stereocenters. The third kappa shape index (κ3) is 3.85. The molecule has 21 heavy (non-hydrogen) atoms. The smallest absolute Gasteiger partial charge is 0.220 e. The van der Waals surface area contributed by atoms with Gasteiger partial charge in [0, 0.05) is 18.4 Å². The summed E-state index contributed by atoms with van der Waals surface area (Å²) in [5.41, 5.74) is 1.35. The summed E-state index contributed by atoms with van der Waals surface area (Å²) in [7, 11) is 0. The standard InChI is InChI=1S/C18H26N2O/c1-13(15-8-5-9-19-12-15)10-18(21)20-17-11-16(17)14-6-3-2-4-7-14/h2-4,6-7,13,15-17,19H,5,8-12H2,1H3,(H,20,21). The molecule has 1 aromatic carbocycles.